The molecule has 0 heterocycles. The molecule has 0 aromatic heterocycles. The average Bonchev–Trinajstić information content (AvgIpc) is 2.25. The SMILES string of the molecule is COC(=O)c1ccc(C(F)(F)F)cc1C(Br)Br. The molecule has 0 radical (unpaired) electrons. The summed E-state index contributed by atoms with van der Waals surface area (Å²) in [6.07, 6.45) is -4.45. The fourth-order valence-corrected chi connectivity index (χ4v) is 1.97. The number of halogens is 5. The molecule has 0 aliphatic carbocycles. The van der Waals surface area contributed by atoms with Crippen molar-refractivity contribution in [3.63, 3.8) is 0 Å². The number of benzene rings is 1. The van der Waals surface area contributed by atoms with Gasteiger partial charge < -0.3 is 4.74 Å². The first-order valence-corrected chi connectivity index (χ1v) is 6.18. The Morgan fingerprint density at radius 1 is 1.35 bits per heavy atom. The molecule has 0 atom stereocenters. The monoisotopic (exact) mass is 374 g/mol. The highest BCUT2D eigenvalue weighted by Crippen LogP contribution is 2.37. The number of ether oxygens (including phenoxy) is 1. The van der Waals surface area contributed by atoms with Gasteiger partial charge in [-0.15, -0.1) is 0 Å². The molecule has 1 aromatic rings. The minimum Gasteiger partial charge on any atom is -0.465 e. The minimum atomic E-state index is -4.45. The van der Waals surface area contributed by atoms with Crippen LogP contribution in [0.2, 0.25) is 0 Å². The van der Waals surface area contributed by atoms with Crippen LogP contribution in [0.3, 0.4) is 0 Å². The summed E-state index contributed by atoms with van der Waals surface area (Å²) in [5.41, 5.74) is -0.560. The van der Waals surface area contributed by atoms with Crippen molar-refractivity contribution in [1.82, 2.24) is 0 Å². The van der Waals surface area contributed by atoms with Gasteiger partial charge in [0.2, 0.25) is 0 Å². The number of rotatable bonds is 2. The highest BCUT2D eigenvalue weighted by molar-refractivity contribution is 9.24. The van der Waals surface area contributed by atoms with Crippen molar-refractivity contribution in [2.45, 2.75) is 9.91 Å². The van der Waals surface area contributed by atoms with Crippen molar-refractivity contribution < 1.29 is 22.7 Å². The van der Waals surface area contributed by atoms with Crippen LogP contribution in [0.4, 0.5) is 13.2 Å². The molecule has 17 heavy (non-hydrogen) atoms. The molecule has 0 bridgehead atoms. The third-order valence-electron chi connectivity index (χ3n) is 2.02. The zero-order chi connectivity index (χ0) is 13.2. The number of hydrogen-bond acceptors (Lipinski definition) is 2. The van der Waals surface area contributed by atoms with Crippen LogP contribution in [0, 0.1) is 0 Å². The van der Waals surface area contributed by atoms with Gasteiger partial charge in [-0.25, -0.2) is 4.79 Å². The van der Waals surface area contributed by atoms with Gasteiger partial charge in [-0.3, -0.25) is 0 Å². The van der Waals surface area contributed by atoms with Gasteiger partial charge in [-0.1, -0.05) is 31.9 Å². The number of esters is 1. The molecule has 0 saturated carbocycles. The molecule has 0 amide bonds. The number of methoxy groups -OCH3 is 1. The van der Waals surface area contributed by atoms with E-state index in [9.17, 15) is 18.0 Å². The summed E-state index contributed by atoms with van der Waals surface area (Å²) in [7, 11) is 1.17. The van der Waals surface area contributed by atoms with Crippen molar-refractivity contribution >= 4 is 37.8 Å². The zero-order valence-electron chi connectivity index (χ0n) is 8.52. The maximum absolute atomic E-state index is 12.5. The third-order valence-corrected chi connectivity index (χ3v) is 3.01. The van der Waals surface area contributed by atoms with Crippen molar-refractivity contribution in [2.24, 2.45) is 0 Å². The van der Waals surface area contributed by atoms with E-state index < -0.39 is 21.4 Å². The van der Waals surface area contributed by atoms with E-state index in [2.05, 4.69) is 36.6 Å². The van der Waals surface area contributed by atoms with Crippen LogP contribution in [0.25, 0.3) is 0 Å². The lowest BCUT2D eigenvalue weighted by Crippen LogP contribution is -2.10. The summed E-state index contributed by atoms with van der Waals surface area (Å²) >= 11 is 6.15. The molecule has 1 aromatic carbocycles. The molecule has 0 fully saturated rings. The van der Waals surface area contributed by atoms with Gasteiger partial charge in [0.15, 0.2) is 0 Å². The van der Waals surface area contributed by atoms with E-state index >= 15 is 0 Å². The molecule has 7 heteroatoms. The first kappa shape index (κ1) is 14.5. The van der Waals surface area contributed by atoms with Crippen molar-refractivity contribution in [3.05, 3.63) is 34.9 Å². The number of hydrogen-bond donors (Lipinski definition) is 0. The molecule has 0 aliphatic heterocycles. The Kier molecular flexibility index (Phi) is 4.60. The fourth-order valence-electron chi connectivity index (χ4n) is 1.22. The molecular weight excluding hydrogens is 369 g/mol. The highest BCUT2D eigenvalue weighted by atomic mass is 79.9. The molecule has 94 valence electrons. The molecule has 0 saturated heterocycles. The predicted molar refractivity (Wildman–Crippen MR) is 63.4 cm³/mol. The lowest BCUT2D eigenvalue weighted by molar-refractivity contribution is -0.137. The van der Waals surface area contributed by atoms with Crippen LogP contribution in [0.5, 0.6) is 0 Å². The Morgan fingerprint density at radius 2 is 1.94 bits per heavy atom. The van der Waals surface area contributed by atoms with E-state index in [-0.39, 0.29) is 11.1 Å². The lowest BCUT2D eigenvalue weighted by atomic mass is 10.0. The third kappa shape index (κ3) is 3.45. The van der Waals surface area contributed by atoms with Crippen molar-refractivity contribution in [1.29, 1.82) is 0 Å². The van der Waals surface area contributed by atoms with Gasteiger partial charge >= 0.3 is 12.1 Å². The average molecular weight is 376 g/mol. The predicted octanol–water partition coefficient (Wildman–Crippen LogP) is 4.28. The van der Waals surface area contributed by atoms with Gasteiger partial charge in [0.05, 0.1) is 22.0 Å². The van der Waals surface area contributed by atoms with Gasteiger partial charge in [0.1, 0.15) is 0 Å². The summed E-state index contributed by atoms with van der Waals surface area (Å²) in [6.45, 7) is 0. The highest BCUT2D eigenvalue weighted by Gasteiger charge is 2.32. The second kappa shape index (κ2) is 5.39. The van der Waals surface area contributed by atoms with Gasteiger partial charge in [-0.2, -0.15) is 13.2 Å². The van der Waals surface area contributed by atoms with Crippen LogP contribution >= 0.6 is 31.9 Å². The van der Waals surface area contributed by atoms with E-state index in [4.69, 9.17) is 0 Å². The molecule has 0 N–H and O–H groups in total. The van der Waals surface area contributed by atoms with Crippen LogP contribution in [-0.4, -0.2) is 13.1 Å². The maximum Gasteiger partial charge on any atom is 0.416 e. The first-order chi connectivity index (χ1) is 7.77. The maximum atomic E-state index is 12.5. The summed E-state index contributed by atoms with van der Waals surface area (Å²) in [5.74, 6) is -0.683. The molecule has 1 rings (SSSR count). The Morgan fingerprint density at radius 3 is 2.35 bits per heavy atom. The summed E-state index contributed by atoms with van der Waals surface area (Å²) in [5, 5.41) is 0. The van der Waals surface area contributed by atoms with Crippen molar-refractivity contribution in [2.75, 3.05) is 7.11 Å². The summed E-state index contributed by atoms with van der Waals surface area (Å²) < 4.78 is 41.4. The molecular formula is C10H7Br2F3O2. The van der Waals surface area contributed by atoms with E-state index in [1.165, 1.54) is 7.11 Å². The van der Waals surface area contributed by atoms with Gasteiger partial charge in [0, 0.05) is 0 Å². The summed E-state index contributed by atoms with van der Waals surface area (Å²) in [4.78, 5) is 11.4. The smallest absolute Gasteiger partial charge is 0.416 e. The number of alkyl halides is 5. The quantitative estimate of drug-likeness (QED) is 0.569. The topological polar surface area (TPSA) is 26.3 Å². The van der Waals surface area contributed by atoms with E-state index in [0.717, 1.165) is 18.2 Å². The van der Waals surface area contributed by atoms with Crippen LogP contribution < -0.4 is 0 Å². The minimum absolute atomic E-state index is 0.0826. The van der Waals surface area contributed by atoms with Gasteiger partial charge in [-0.05, 0) is 23.8 Å². The zero-order valence-corrected chi connectivity index (χ0v) is 11.7. The van der Waals surface area contributed by atoms with E-state index in [1.54, 1.807) is 0 Å². The van der Waals surface area contributed by atoms with Crippen LogP contribution in [0.1, 0.15) is 25.2 Å². The number of carbonyl (C=O) groups excluding carboxylic acids is 1. The molecule has 0 unspecified atom stereocenters. The van der Waals surface area contributed by atoms with E-state index in [1.807, 2.05) is 0 Å². The van der Waals surface area contributed by atoms with Gasteiger partial charge in [0.25, 0.3) is 0 Å². The van der Waals surface area contributed by atoms with Crippen molar-refractivity contribution in [3.8, 4) is 0 Å². The normalized spacial score (nSPS) is 11.7. The lowest BCUT2D eigenvalue weighted by Gasteiger charge is -2.13. The fraction of sp³-hybridized carbons (Fsp3) is 0.300. The Bertz CT molecular complexity index is 430. The standard InChI is InChI=1S/C10H7Br2F3O2/c1-17-9(16)6-3-2-5(10(13,14)15)4-7(6)8(11)12/h2-4,8H,1H3. The molecule has 2 nitrogen and oxygen atoms in total. The second-order valence-electron chi connectivity index (χ2n) is 3.09. The summed E-state index contributed by atoms with van der Waals surface area (Å²) in [6, 6.07) is 2.85. The van der Waals surface area contributed by atoms with Crippen LogP contribution in [-0.2, 0) is 10.9 Å². The van der Waals surface area contributed by atoms with Crippen LogP contribution in [0.15, 0.2) is 18.2 Å². The Hall–Kier alpha value is -0.560. The second-order valence-corrected chi connectivity index (χ2v) is 6.15. The van der Waals surface area contributed by atoms with E-state index in [0.29, 0.717) is 0 Å². The Balaban J connectivity index is 3.32. The first-order valence-electron chi connectivity index (χ1n) is 4.35. The largest absolute Gasteiger partial charge is 0.465 e. The number of carbonyl (C=O) groups is 1. The Labute approximate surface area is 112 Å². The molecule has 0 aliphatic rings. The molecule has 0 spiro atoms.